The monoisotopic (exact) mass is 305 g/mol. The van der Waals surface area contributed by atoms with Gasteiger partial charge in [-0.1, -0.05) is 15.9 Å². The SMILES string of the molecule is Cc1cc(Br)ccc1-c1ncc(C(C)N)c(C)n1. The van der Waals surface area contributed by atoms with Crippen LogP contribution in [0.4, 0.5) is 0 Å². The number of nitrogens with two attached hydrogens (primary N) is 1. The van der Waals surface area contributed by atoms with Gasteiger partial charge in [0.05, 0.1) is 0 Å². The maximum absolute atomic E-state index is 5.87. The Kier molecular flexibility index (Phi) is 3.78. The molecule has 0 amide bonds. The molecule has 1 aromatic carbocycles. The molecule has 0 saturated carbocycles. The second-order valence-electron chi connectivity index (χ2n) is 4.48. The molecule has 0 saturated heterocycles. The van der Waals surface area contributed by atoms with E-state index in [9.17, 15) is 0 Å². The van der Waals surface area contributed by atoms with Crippen molar-refractivity contribution in [2.24, 2.45) is 5.73 Å². The molecule has 0 aliphatic rings. The van der Waals surface area contributed by atoms with Crippen LogP contribution < -0.4 is 5.73 Å². The Hall–Kier alpha value is -1.26. The average Bonchev–Trinajstić information content (AvgIpc) is 2.28. The molecule has 18 heavy (non-hydrogen) atoms. The lowest BCUT2D eigenvalue weighted by Gasteiger charge is -2.11. The first-order valence-corrected chi connectivity index (χ1v) is 6.64. The van der Waals surface area contributed by atoms with Crippen LogP contribution in [0, 0.1) is 13.8 Å². The van der Waals surface area contributed by atoms with Gasteiger partial charge in [0.25, 0.3) is 0 Å². The maximum atomic E-state index is 5.87. The van der Waals surface area contributed by atoms with Gasteiger partial charge in [0.1, 0.15) is 0 Å². The fourth-order valence-electron chi connectivity index (χ4n) is 1.93. The number of halogens is 1. The molecular weight excluding hydrogens is 290 g/mol. The first kappa shape index (κ1) is 13.2. The van der Waals surface area contributed by atoms with E-state index in [1.54, 1.807) is 0 Å². The average molecular weight is 306 g/mol. The predicted octanol–water partition coefficient (Wildman–Crippen LogP) is 3.54. The summed E-state index contributed by atoms with van der Waals surface area (Å²) < 4.78 is 1.06. The smallest absolute Gasteiger partial charge is 0.159 e. The summed E-state index contributed by atoms with van der Waals surface area (Å²) in [6.07, 6.45) is 1.82. The quantitative estimate of drug-likeness (QED) is 0.923. The third kappa shape index (κ3) is 2.60. The molecule has 0 aliphatic heterocycles. The molecule has 4 heteroatoms. The Balaban J connectivity index is 2.49. The van der Waals surface area contributed by atoms with Gasteiger partial charge in [-0.05, 0) is 44.5 Å². The number of hydrogen-bond donors (Lipinski definition) is 1. The van der Waals surface area contributed by atoms with Gasteiger partial charge in [-0.2, -0.15) is 0 Å². The van der Waals surface area contributed by atoms with Crippen LogP contribution in [-0.4, -0.2) is 9.97 Å². The van der Waals surface area contributed by atoms with Crippen LogP contribution in [0.3, 0.4) is 0 Å². The molecule has 1 aromatic heterocycles. The fourth-order valence-corrected chi connectivity index (χ4v) is 2.41. The first-order chi connectivity index (χ1) is 8.49. The van der Waals surface area contributed by atoms with E-state index in [-0.39, 0.29) is 6.04 Å². The number of aryl methyl sites for hydroxylation is 2. The van der Waals surface area contributed by atoms with E-state index in [0.717, 1.165) is 32.7 Å². The minimum Gasteiger partial charge on any atom is -0.324 e. The lowest BCUT2D eigenvalue weighted by Crippen LogP contribution is -2.09. The minimum absolute atomic E-state index is 0.0370. The molecular formula is C14H16BrN3. The number of rotatable bonds is 2. The molecule has 0 spiro atoms. The van der Waals surface area contributed by atoms with Crippen molar-refractivity contribution in [3.8, 4) is 11.4 Å². The van der Waals surface area contributed by atoms with Gasteiger partial charge in [0, 0.05) is 33.5 Å². The number of benzene rings is 1. The highest BCUT2D eigenvalue weighted by atomic mass is 79.9. The lowest BCUT2D eigenvalue weighted by molar-refractivity contribution is 0.790. The van der Waals surface area contributed by atoms with E-state index in [1.807, 2.05) is 32.2 Å². The van der Waals surface area contributed by atoms with Crippen LogP contribution in [0.5, 0.6) is 0 Å². The van der Waals surface area contributed by atoms with Crippen LogP contribution in [-0.2, 0) is 0 Å². The summed E-state index contributed by atoms with van der Waals surface area (Å²) in [4.78, 5) is 8.96. The van der Waals surface area contributed by atoms with Gasteiger partial charge in [-0.3, -0.25) is 0 Å². The number of nitrogens with zero attached hydrogens (tertiary/aromatic N) is 2. The second-order valence-corrected chi connectivity index (χ2v) is 5.40. The zero-order valence-corrected chi connectivity index (χ0v) is 12.3. The highest BCUT2D eigenvalue weighted by Crippen LogP contribution is 2.24. The van der Waals surface area contributed by atoms with Gasteiger partial charge < -0.3 is 5.73 Å². The summed E-state index contributed by atoms with van der Waals surface area (Å²) in [6, 6.07) is 6.05. The minimum atomic E-state index is -0.0370. The number of hydrogen-bond acceptors (Lipinski definition) is 3. The van der Waals surface area contributed by atoms with Crippen LogP contribution in [0.1, 0.15) is 29.8 Å². The molecule has 0 radical (unpaired) electrons. The van der Waals surface area contributed by atoms with Crippen LogP contribution >= 0.6 is 15.9 Å². The van der Waals surface area contributed by atoms with E-state index >= 15 is 0 Å². The first-order valence-electron chi connectivity index (χ1n) is 5.84. The molecule has 1 unspecified atom stereocenters. The highest BCUT2D eigenvalue weighted by Gasteiger charge is 2.10. The summed E-state index contributed by atoms with van der Waals surface area (Å²) >= 11 is 3.46. The van der Waals surface area contributed by atoms with Crippen molar-refractivity contribution in [2.45, 2.75) is 26.8 Å². The van der Waals surface area contributed by atoms with E-state index in [2.05, 4.69) is 38.9 Å². The van der Waals surface area contributed by atoms with Crippen molar-refractivity contribution < 1.29 is 0 Å². The van der Waals surface area contributed by atoms with Gasteiger partial charge >= 0.3 is 0 Å². The van der Waals surface area contributed by atoms with Crippen LogP contribution in [0.2, 0.25) is 0 Å². The zero-order valence-electron chi connectivity index (χ0n) is 10.7. The zero-order chi connectivity index (χ0) is 13.3. The highest BCUT2D eigenvalue weighted by molar-refractivity contribution is 9.10. The van der Waals surface area contributed by atoms with E-state index in [0.29, 0.717) is 0 Å². The largest absolute Gasteiger partial charge is 0.324 e. The molecule has 2 aromatic rings. The predicted molar refractivity (Wildman–Crippen MR) is 77.2 cm³/mol. The second kappa shape index (κ2) is 5.16. The Morgan fingerprint density at radius 1 is 1.28 bits per heavy atom. The topological polar surface area (TPSA) is 51.8 Å². The van der Waals surface area contributed by atoms with E-state index in [4.69, 9.17) is 5.73 Å². The van der Waals surface area contributed by atoms with Crippen molar-refractivity contribution in [1.82, 2.24) is 9.97 Å². The summed E-state index contributed by atoms with van der Waals surface area (Å²) in [5.41, 5.74) is 10.0. The maximum Gasteiger partial charge on any atom is 0.159 e. The molecule has 2 N–H and O–H groups in total. The van der Waals surface area contributed by atoms with Crippen molar-refractivity contribution in [1.29, 1.82) is 0 Å². The Morgan fingerprint density at radius 2 is 2.00 bits per heavy atom. The van der Waals surface area contributed by atoms with Crippen molar-refractivity contribution in [2.75, 3.05) is 0 Å². The van der Waals surface area contributed by atoms with Gasteiger partial charge in [0.15, 0.2) is 5.82 Å². The fraction of sp³-hybridized carbons (Fsp3) is 0.286. The summed E-state index contributed by atoms with van der Waals surface area (Å²) in [5, 5.41) is 0. The molecule has 0 aliphatic carbocycles. The summed E-state index contributed by atoms with van der Waals surface area (Å²) in [5.74, 6) is 0.752. The third-order valence-corrected chi connectivity index (χ3v) is 3.43. The van der Waals surface area contributed by atoms with Gasteiger partial charge in [-0.25, -0.2) is 9.97 Å². The molecule has 1 atom stereocenters. The van der Waals surface area contributed by atoms with Crippen molar-refractivity contribution in [3.63, 3.8) is 0 Å². The molecule has 0 fully saturated rings. The number of aromatic nitrogens is 2. The lowest BCUT2D eigenvalue weighted by atomic mass is 10.1. The van der Waals surface area contributed by atoms with E-state index in [1.165, 1.54) is 0 Å². The Morgan fingerprint density at radius 3 is 2.56 bits per heavy atom. The normalized spacial score (nSPS) is 12.5. The molecule has 1 heterocycles. The Labute approximate surface area is 116 Å². The van der Waals surface area contributed by atoms with Crippen molar-refractivity contribution in [3.05, 3.63) is 45.7 Å². The van der Waals surface area contributed by atoms with E-state index < -0.39 is 0 Å². The van der Waals surface area contributed by atoms with Gasteiger partial charge in [0.2, 0.25) is 0 Å². The van der Waals surface area contributed by atoms with Crippen LogP contribution in [0.15, 0.2) is 28.9 Å². The molecule has 0 bridgehead atoms. The Bertz CT molecular complexity index is 579. The third-order valence-electron chi connectivity index (χ3n) is 2.94. The standard InChI is InChI=1S/C14H16BrN3/c1-8-6-11(15)4-5-12(8)14-17-7-13(9(2)16)10(3)18-14/h4-7,9H,16H2,1-3H3. The van der Waals surface area contributed by atoms with Crippen molar-refractivity contribution >= 4 is 15.9 Å². The molecule has 3 nitrogen and oxygen atoms in total. The molecule has 2 rings (SSSR count). The van der Waals surface area contributed by atoms with Crippen LogP contribution in [0.25, 0.3) is 11.4 Å². The summed E-state index contributed by atoms with van der Waals surface area (Å²) in [7, 11) is 0. The van der Waals surface area contributed by atoms with Gasteiger partial charge in [-0.15, -0.1) is 0 Å². The summed E-state index contributed by atoms with van der Waals surface area (Å²) in [6.45, 7) is 5.96. The molecule has 94 valence electrons.